The van der Waals surface area contributed by atoms with Crippen LogP contribution < -0.4 is 14.8 Å². The Morgan fingerprint density at radius 1 is 1.16 bits per heavy atom. The monoisotopic (exact) mass is 331 g/mol. The summed E-state index contributed by atoms with van der Waals surface area (Å²) in [7, 11) is 0. The first-order valence-corrected chi connectivity index (χ1v) is 7.57. The molecule has 1 atom stereocenters. The highest BCUT2D eigenvalue weighted by Crippen LogP contribution is 2.17. The summed E-state index contributed by atoms with van der Waals surface area (Å²) in [5, 5.41) is 13.7. The van der Waals surface area contributed by atoms with Gasteiger partial charge in [0.2, 0.25) is 0 Å². The van der Waals surface area contributed by atoms with Crippen LogP contribution in [0.2, 0.25) is 0 Å². The molecular weight excluding hydrogens is 310 g/mol. The maximum atomic E-state index is 9.71. The first kappa shape index (κ1) is 16.3. The van der Waals surface area contributed by atoms with E-state index in [0.717, 1.165) is 16.8 Å². The molecule has 0 spiro atoms. The van der Waals surface area contributed by atoms with Gasteiger partial charge in [-0.1, -0.05) is 29.8 Å². The zero-order chi connectivity index (χ0) is 14.1. The van der Waals surface area contributed by atoms with Crippen LogP contribution in [0.3, 0.4) is 0 Å². The van der Waals surface area contributed by atoms with E-state index in [-0.39, 0.29) is 6.61 Å². The Balaban J connectivity index is 2.29. The van der Waals surface area contributed by atoms with Crippen molar-refractivity contribution in [3.8, 4) is 11.5 Å². The molecule has 1 aromatic carbocycles. The number of aliphatic hydroxyl groups excluding tert-OH is 1. The van der Waals surface area contributed by atoms with Gasteiger partial charge in [0, 0.05) is 17.9 Å². The van der Waals surface area contributed by atoms with E-state index in [1.54, 1.807) is 0 Å². The van der Waals surface area contributed by atoms with Crippen molar-refractivity contribution in [1.29, 1.82) is 0 Å². The molecule has 0 saturated heterocycles. The molecule has 0 amide bonds. The van der Waals surface area contributed by atoms with Crippen LogP contribution in [-0.4, -0.2) is 42.3 Å². The first-order valence-electron chi connectivity index (χ1n) is 6.45. The second-order valence-corrected chi connectivity index (χ2v) is 5.33. The summed E-state index contributed by atoms with van der Waals surface area (Å²) < 4.78 is 10.9. The number of benzene rings is 1. The Morgan fingerprint density at radius 3 is 2.26 bits per heavy atom. The highest BCUT2D eigenvalue weighted by Gasteiger charge is 2.06. The van der Waals surface area contributed by atoms with E-state index in [0.29, 0.717) is 19.2 Å². The van der Waals surface area contributed by atoms with Gasteiger partial charge in [-0.3, -0.25) is 0 Å². The molecule has 5 heteroatoms. The van der Waals surface area contributed by atoms with Crippen LogP contribution in [0, 0.1) is 0 Å². The number of alkyl halides is 1. The minimum Gasteiger partial charge on any atom is -0.493 e. The third-order valence-corrected chi connectivity index (χ3v) is 2.70. The van der Waals surface area contributed by atoms with Gasteiger partial charge < -0.3 is 19.9 Å². The van der Waals surface area contributed by atoms with E-state index < -0.39 is 6.10 Å². The van der Waals surface area contributed by atoms with Gasteiger partial charge in [0.1, 0.15) is 24.2 Å². The molecule has 0 saturated carbocycles. The van der Waals surface area contributed by atoms with Crippen molar-refractivity contribution < 1.29 is 14.6 Å². The molecule has 0 fully saturated rings. The van der Waals surface area contributed by atoms with Crippen molar-refractivity contribution in [2.45, 2.75) is 26.0 Å². The summed E-state index contributed by atoms with van der Waals surface area (Å²) in [6.07, 6.45) is -0.508. The maximum Gasteiger partial charge on any atom is 0.119 e. The molecule has 0 aromatic heterocycles. The summed E-state index contributed by atoms with van der Waals surface area (Å²) in [5.74, 6) is 1.55. The number of hydrogen-bond donors (Lipinski definition) is 2. The van der Waals surface area contributed by atoms with Crippen molar-refractivity contribution in [1.82, 2.24) is 5.32 Å². The summed E-state index contributed by atoms with van der Waals surface area (Å²) in [5.41, 5.74) is 0. The highest BCUT2D eigenvalue weighted by atomic mass is 79.9. The van der Waals surface area contributed by atoms with Gasteiger partial charge in [-0.15, -0.1) is 0 Å². The van der Waals surface area contributed by atoms with Crippen molar-refractivity contribution >= 4 is 15.9 Å². The summed E-state index contributed by atoms with van der Waals surface area (Å²) in [6.45, 7) is 5.53. The molecule has 108 valence electrons. The summed E-state index contributed by atoms with van der Waals surface area (Å²) in [6, 6.07) is 7.76. The standard InChI is InChI=1S/C14H22BrNO3/c1-11(2)16-9-12(17)10-19-14-5-3-13(4-6-14)18-8-7-15/h3-6,11-12,16-17H,7-10H2,1-2H3/t12-/m1/s1. The van der Waals surface area contributed by atoms with Crippen molar-refractivity contribution in [2.75, 3.05) is 25.1 Å². The van der Waals surface area contributed by atoms with Gasteiger partial charge in [-0.25, -0.2) is 0 Å². The van der Waals surface area contributed by atoms with Crippen LogP contribution >= 0.6 is 15.9 Å². The lowest BCUT2D eigenvalue weighted by Gasteiger charge is -2.15. The van der Waals surface area contributed by atoms with E-state index in [1.165, 1.54) is 0 Å². The van der Waals surface area contributed by atoms with E-state index in [9.17, 15) is 5.11 Å². The molecule has 0 bridgehead atoms. The van der Waals surface area contributed by atoms with Crippen molar-refractivity contribution in [3.63, 3.8) is 0 Å². The second kappa shape index (κ2) is 9.18. The lowest BCUT2D eigenvalue weighted by molar-refractivity contribution is 0.104. The summed E-state index contributed by atoms with van der Waals surface area (Å²) >= 11 is 3.30. The molecular formula is C14H22BrNO3. The number of aliphatic hydroxyl groups is 1. The molecule has 0 heterocycles. The third-order valence-electron chi connectivity index (χ3n) is 2.37. The van der Waals surface area contributed by atoms with Crippen molar-refractivity contribution in [3.05, 3.63) is 24.3 Å². The molecule has 2 N–H and O–H groups in total. The van der Waals surface area contributed by atoms with Gasteiger partial charge in [0.25, 0.3) is 0 Å². The zero-order valence-corrected chi connectivity index (χ0v) is 13.0. The fourth-order valence-corrected chi connectivity index (χ4v) is 1.57. The number of halogens is 1. The predicted octanol–water partition coefficient (Wildman–Crippen LogP) is 2.20. The van der Waals surface area contributed by atoms with E-state index in [4.69, 9.17) is 9.47 Å². The van der Waals surface area contributed by atoms with Gasteiger partial charge >= 0.3 is 0 Å². The Kier molecular flexibility index (Phi) is 7.86. The maximum absolute atomic E-state index is 9.71. The van der Waals surface area contributed by atoms with E-state index in [2.05, 4.69) is 21.2 Å². The number of hydrogen-bond acceptors (Lipinski definition) is 4. The molecule has 1 aromatic rings. The largest absolute Gasteiger partial charge is 0.493 e. The fraction of sp³-hybridized carbons (Fsp3) is 0.571. The topological polar surface area (TPSA) is 50.7 Å². The fourth-order valence-electron chi connectivity index (χ4n) is 1.41. The van der Waals surface area contributed by atoms with Crippen molar-refractivity contribution in [2.24, 2.45) is 0 Å². The number of ether oxygens (including phenoxy) is 2. The Labute approximate surface area is 123 Å². The molecule has 1 rings (SSSR count). The smallest absolute Gasteiger partial charge is 0.119 e. The van der Waals surface area contributed by atoms with Crippen LogP contribution in [0.15, 0.2) is 24.3 Å². The molecule has 0 radical (unpaired) electrons. The molecule has 0 aliphatic carbocycles. The minimum atomic E-state index is -0.508. The van der Waals surface area contributed by atoms with Crippen LogP contribution in [0.1, 0.15) is 13.8 Å². The van der Waals surface area contributed by atoms with Crippen LogP contribution in [0.25, 0.3) is 0 Å². The summed E-state index contributed by atoms with van der Waals surface area (Å²) in [4.78, 5) is 0. The Morgan fingerprint density at radius 2 is 1.74 bits per heavy atom. The third kappa shape index (κ3) is 7.40. The van der Waals surface area contributed by atoms with E-state index in [1.807, 2.05) is 38.1 Å². The average molecular weight is 332 g/mol. The normalized spacial score (nSPS) is 12.5. The molecule has 4 nitrogen and oxygen atoms in total. The zero-order valence-electron chi connectivity index (χ0n) is 11.4. The SMILES string of the molecule is CC(C)NC[C@@H](O)COc1ccc(OCCBr)cc1. The molecule has 19 heavy (non-hydrogen) atoms. The van der Waals surface area contributed by atoms with Crippen LogP contribution in [-0.2, 0) is 0 Å². The first-order chi connectivity index (χ1) is 9.11. The lowest BCUT2D eigenvalue weighted by atomic mass is 10.3. The van der Waals surface area contributed by atoms with Crippen LogP contribution in [0.4, 0.5) is 0 Å². The number of rotatable bonds is 9. The molecule has 0 aliphatic heterocycles. The van der Waals surface area contributed by atoms with Gasteiger partial charge in [-0.05, 0) is 24.3 Å². The van der Waals surface area contributed by atoms with Crippen LogP contribution in [0.5, 0.6) is 11.5 Å². The van der Waals surface area contributed by atoms with Gasteiger partial charge in [0.15, 0.2) is 0 Å². The average Bonchev–Trinajstić information content (AvgIpc) is 2.41. The second-order valence-electron chi connectivity index (χ2n) is 4.54. The predicted molar refractivity (Wildman–Crippen MR) is 80.4 cm³/mol. The highest BCUT2D eigenvalue weighted by molar-refractivity contribution is 9.09. The van der Waals surface area contributed by atoms with E-state index >= 15 is 0 Å². The minimum absolute atomic E-state index is 0.279. The lowest BCUT2D eigenvalue weighted by Crippen LogP contribution is -2.35. The molecule has 0 aliphatic rings. The quantitative estimate of drug-likeness (QED) is 0.681. The Hall–Kier alpha value is -0.780. The Bertz CT molecular complexity index is 343. The van der Waals surface area contributed by atoms with Gasteiger partial charge in [0.05, 0.1) is 6.61 Å². The number of nitrogens with one attached hydrogen (secondary N) is 1. The van der Waals surface area contributed by atoms with Gasteiger partial charge in [-0.2, -0.15) is 0 Å². The molecule has 0 unspecified atom stereocenters.